The van der Waals surface area contributed by atoms with E-state index in [4.69, 9.17) is 14.7 Å². The van der Waals surface area contributed by atoms with Crippen LogP contribution in [-0.2, 0) is 14.4 Å². The van der Waals surface area contributed by atoms with Crippen LogP contribution in [0.2, 0.25) is 0 Å². The Hall–Kier alpha value is -0.840. The highest BCUT2D eigenvalue weighted by Gasteiger charge is 2.47. The molecule has 0 aromatic heterocycles. The van der Waals surface area contributed by atoms with Gasteiger partial charge in [0.25, 0.3) is 0 Å². The Morgan fingerprint density at radius 1 is 1.28 bits per heavy atom. The van der Waals surface area contributed by atoms with Crippen molar-refractivity contribution in [3.8, 4) is 0 Å². The summed E-state index contributed by atoms with van der Waals surface area (Å²) in [4.78, 5) is 4.58. The summed E-state index contributed by atoms with van der Waals surface area (Å²) in [5.41, 5.74) is -0.651. The van der Waals surface area contributed by atoms with Gasteiger partial charge < -0.3 is 29.9 Å². The minimum atomic E-state index is -1.38. The molecule has 29 heavy (non-hydrogen) atoms. The predicted octanol–water partition coefficient (Wildman–Crippen LogP) is 1.52. The van der Waals surface area contributed by atoms with Crippen LogP contribution in [0.1, 0.15) is 53.4 Å². The molecule has 1 fully saturated rings. The smallest absolute Gasteiger partial charge is 0.187 e. The van der Waals surface area contributed by atoms with Gasteiger partial charge in [-0.05, 0) is 53.4 Å². The lowest BCUT2D eigenvalue weighted by molar-refractivity contribution is -0.326. The zero-order valence-electron chi connectivity index (χ0n) is 17.7. The fourth-order valence-electron chi connectivity index (χ4n) is 3.90. The molecule has 8 atom stereocenters. The maximum Gasteiger partial charge on any atom is 0.187 e. The van der Waals surface area contributed by atoms with Crippen molar-refractivity contribution in [3.63, 3.8) is 0 Å². The number of hydrogen-bond acceptors (Lipinski definition) is 8. The average Bonchev–Trinajstić information content (AvgIpc) is 2.70. The van der Waals surface area contributed by atoms with Crippen LogP contribution in [0.25, 0.3) is 0 Å². The Morgan fingerprint density at radius 3 is 2.52 bits per heavy atom. The molecule has 0 bridgehead atoms. The van der Waals surface area contributed by atoms with Gasteiger partial charge in [0.1, 0.15) is 23.9 Å². The largest absolute Gasteiger partial charge is 0.392 e. The SMILES string of the molecule is CC(=CCC[C@](C)(O[C@@H]1O[C@H](C)[C@H](O)[C@H](O)[C@H]1O)[C@@H]1C=C[C@@](C)(OO)CC1)CO. The molecule has 0 unspecified atom stereocenters. The normalized spacial score (nSPS) is 40.7. The van der Waals surface area contributed by atoms with E-state index in [0.717, 1.165) is 5.57 Å². The van der Waals surface area contributed by atoms with Crippen molar-refractivity contribution >= 4 is 0 Å². The van der Waals surface area contributed by atoms with Crippen molar-refractivity contribution in [1.82, 2.24) is 0 Å². The third-order valence-corrected chi connectivity index (χ3v) is 6.20. The van der Waals surface area contributed by atoms with E-state index in [-0.39, 0.29) is 12.5 Å². The topological polar surface area (TPSA) is 129 Å². The van der Waals surface area contributed by atoms with Gasteiger partial charge in [0, 0.05) is 5.92 Å². The number of aliphatic hydroxyl groups excluding tert-OH is 4. The molecule has 2 rings (SSSR count). The number of allylic oxidation sites excluding steroid dienone is 1. The molecular formula is C21H36O8. The van der Waals surface area contributed by atoms with Crippen LogP contribution < -0.4 is 0 Å². The Balaban J connectivity index is 2.21. The molecule has 1 saturated heterocycles. The third-order valence-electron chi connectivity index (χ3n) is 6.20. The highest BCUT2D eigenvalue weighted by Crippen LogP contribution is 2.40. The highest BCUT2D eigenvalue weighted by molar-refractivity contribution is 5.11. The van der Waals surface area contributed by atoms with Crippen molar-refractivity contribution < 1.29 is 40.0 Å². The van der Waals surface area contributed by atoms with Crippen LogP contribution in [0.3, 0.4) is 0 Å². The monoisotopic (exact) mass is 416 g/mol. The molecule has 1 aliphatic carbocycles. The minimum Gasteiger partial charge on any atom is -0.392 e. The highest BCUT2D eigenvalue weighted by atomic mass is 17.1. The van der Waals surface area contributed by atoms with Gasteiger partial charge in [0.05, 0.1) is 18.3 Å². The maximum atomic E-state index is 10.4. The van der Waals surface area contributed by atoms with Crippen molar-refractivity contribution in [3.05, 3.63) is 23.8 Å². The zero-order chi connectivity index (χ0) is 21.8. The number of ether oxygens (including phenoxy) is 2. The molecule has 0 saturated carbocycles. The van der Waals surface area contributed by atoms with Gasteiger partial charge in [-0.15, -0.1) is 0 Å². The Morgan fingerprint density at radius 2 is 1.97 bits per heavy atom. The summed E-state index contributed by atoms with van der Waals surface area (Å²) < 4.78 is 11.9. The van der Waals surface area contributed by atoms with Gasteiger partial charge in [0.15, 0.2) is 6.29 Å². The first-order chi connectivity index (χ1) is 13.5. The summed E-state index contributed by atoms with van der Waals surface area (Å²) in [6.45, 7) is 7.16. The van der Waals surface area contributed by atoms with Gasteiger partial charge in [-0.1, -0.05) is 23.8 Å². The number of hydrogen-bond donors (Lipinski definition) is 5. The fraction of sp³-hybridized carbons (Fsp3) is 0.810. The standard InChI is InChI=1S/C21H36O8/c1-13(12-22)6-5-9-21(4,15-7-10-20(3,29-26)11-8-15)28-19-18(25)17(24)16(23)14(2)27-19/h6-7,10,14-19,22-26H,5,8-9,11-12H2,1-4H3/t14-,15-,16+,17+,18-,19+,20-,21+/m1/s1. The van der Waals surface area contributed by atoms with Crippen molar-refractivity contribution in [2.24, 2.45) is 5.92 Å². The van der Waals surface area contributed by atoms with Crippen molar-refractivity contribution in [1.29, 1.82) is 0 Å². The molecule has 1 aliphatic heterocycles. The maximum absolute atomic E-state index is 10.4. The van der Waals surface area contributed by atoms with Crippen LogP contribution in [0.15, 0.2) is 23.8 Å². The molecule has 8 nitrogen and oxygen atoms in total. The van der Waals surface area contributed by atoms with Crippen molar-refractivity contribution in [2.75, 3.05) is 6.61 Å². The van der Waals surface area contributed by atoms with E-state index in [2.05, 4.69) is 4.89 Å². The van der Waals surface area contributed by atoms with E-state index in [1.807, 2.05) is 26.0 Å². The van der Waals surface area contributed by atoms with E-state index >= 15 is 0 Å². The molecule has 0 spiro atoms. The molecule has 2 aliphatic rings. The zero-order valence-corrected chi connectivity index (χ0v) is 17.7. The summed E-state index contributed by atoms with van der Waals surface area (Å²) in [5.74, 6) is -0.0522. The second-order valence-electron chi connectivity index (χ2n) is 8.77. The molecular weight excluding hydrogens is 380 g/mol. The minimum absolute atomic E-state index is 0.0147. The third kappa shape index (κ3) is 5.86. The van der Waals surface area contributed by atoms with E-state index in [1.54, 1.807) is 19.9 Å². The van der Waals surface area contributed by atoms with Crippen LogP contribution in [0.5, 0.6) is 0 Å². The van der Waals surface area contributed by atoms with E-state index in [9.17, 15) is 20.4 Å². The Bertz CT molecular complexity index is 593. The quantitative estimate of drug-likeness (QED) is 0.229. The lowest BCUT2D eigenvalue weighted by atomic mass is 9.75. The molecule has 0 aromatic carbocycles. The van der Waals surface area contributed by atoms with Crippen LogP contribution >= 0.6 is 0 Å². The molecule has 1 heterocycles. The first-order valence-electron chi connectivity index (χ1n) is 10.2. The Kier molecular flexibility index (Phi) is 8.41. The van der Waals surface area contributed by atoms with Crippen LogP contribution in [-0.4, -0.2) is 74.2 Å². The predicted molar refractivity (Wildman–Crippen MR) is 106 cm³/mol. The van der Waals surface area contributed by atoms with E-state index < -0.39 is 41.9 Å². The molecule has 5 N–H and O–H groups in total. The lowest BCUT2D eigenvalue weighted by Gasteiger charge is -2.46. The molecule has 8 heteroatoms. The number of aliphatic hydroxyl groups is 4. The fourth-order valence-corrected chi connectivity index (χ4v) is 3.90. The summed E-state index contributed by atoms with van der Waals surface area (Å²) in [7, 11) is 0. The molecule has 0 aromatic rings. The Labute approximate surface area is 172 Å². The first-order valence-corrected chi connectivity index (χ1v) is 10.2. The van der Waals surface area contributed by atoms with E-state index in [1.165, 1.54) is 0 Å². The van der Waals surface area contributed by atoms with Gasteiger partial charge in [-0.3, -0.25) is 5.26 Å². The summed E-state index contributed by atoms with van der Waals surface area (Å²) in [6.07, 6.45) is 2.45. The second kappa shape index (κ2) is 9.98. The summed E-state index contributed by atoms with van der Waals surface area (Å²) >= 11 is 0. The molecule has 168 valence electrons. The van der Waals surface area contributed by atoms with Crippen LogP contribution in [0, 0.1) is 5.92 Å². The second-order valence-corrected chi connectivity index (χ2v) is 8.77. The molecule has 0 radical (unpaired) electrons. The van der Waals surface area contributed by atoms with Crippen molar-refractivity contribution in [2.45, 2.75) is 95.3 Å². The molecule has 0 amide bonds. The number of rotatable bonds is 8. The van der Waals surface area contributed by atoms with Gasteiger partial charge in [-0.2, -0.15) is 0 Å². The van der Waals surface area contributed by atoms with Gasteiger partial charge >= 0.3 is 0 Å². The lowest BCUT2D eigenvalue weighted by Crippen LogP contribution is -2.59. The summed E-state index contributed by atoms with van der Waals surface area (Å²) in [5, 5.41) is 48.8. The van der Waals surface area contributed by atoms with Gasteiger partial charge in [-0.25, -0.2) is 4.89 Å². The van der Waals surface area contributed by atoms with Crippen LogP contribution in [0.4, 0.5) is 0 Å². The van der Waals surface area contributed by atoms with Gasteiger partial charge in [0.2, 0.25) is 0 Å². The first kappa shape index (κ1) is 24.4. The summed E-state index contributed by atoms with van der Waals surface area (Å²) in [6, 6.07) is 0. The van der Waals surface area contributed by atoms with E-state index in [0.29, 0.717) is 25.7 Å². The average molecular weight is 417 g/mol.